The third-order valence-electron chi connectivity index (χ3n) is 2.88. The number of nitrogen functional groups attached to an aromatic ring is 1. The Bertz CT molecular complexity index is 579. The molecule has 0 aliphatic heterocycles. The van der Waals surface area contributed by atoms with E-state index in [9.17, 15) is 4.79 Å². The van der Waals surface area contributed by atoms with Gasteiger partial charge in [0.1, 0.15) is 0 Å². The molecular formula is C14H18N4OS. The average Bonchev–Trinajstić information content (AvgIpc) is 2.89. The smallest absolute Gasteiger partial charge is 0.294 e. The molecule has 20 heavy (non-hydrogen) atoms. The first-order chi connectivity index (χ1) is 9.58. The SMILES string of the molecule is Cc1ccc(CN(C)Cc2csc(C(=O)NN)n2)cc1. The summed E-state index contributed by atoms with van der Waals surface area (Å²) in [6.07, 6.45) is 0. The molecule has 0 aliphatic carbocycles. The van der Waals surface area contributed by atoms with Gasteiger partial charge in [0, 0.05) is 18.5 Å². The van der Waals surface area contributed by atoms with E-state index in [0.29, 0.717) is 11.6 Å². The quantitative estimate of drug-likeness (QED) is 0.499. The molecule has 2 aromatic rings. The minimum absolute atomic E-state index is 0.345. The number of carbonyl (C=O) groups is 1. The molecule has 5 nitrogen and oxygen atoms in total. The summed E-state index contributed by atoms with van der Waals surface area (Å²) in [5.41, 5.74) is 5.48. The van der Waals surface area contributed by atoms with Gasteiger partial charge in [-0.05, 0) is 19.5 Å². The molecule has 0 atom stereocenters. The van der Waals surface area contributed by atoms with E-state index in [1.165, 1.54) is 22.5 Å². The molecule has 1 amide bonds. The molecular weight excluding hydrogens is 272 g/mol. The van der Waals surface area contributed by atoms with Crippen LogP contribution in [0.25, 0.3) is 0 Å². The van der Waals surface area contributed by atoms with E-state index in [0.717, 1.165) is 12.2 Å². The van der Waals surface area contributed by atoms with Gasteiger partial charge in [-0.3, -0.25) is 15.1 Å². The third kappa shape index (κ3) is 3.86. The van der Waals surface area contributed by atoms with E-state index < -0.39 is 0 Å². The van der Waals surface area contributed by atoms with Crippen molar-refractivity contribution in [1.29, 1.82) is 0 Å². The summed E-state index contributed by atoms with van der Waals surface area (Å²) >= 11 is 1.30. The molecule has 0 aliphatic rings. The van der Waals surface area contributed by atoms with Crippen LogP contribution in [-0.2, 0) is 13.1 Å². The van der Waals surface area contributed by atoms with Crippen molar-refractivity contribution in [3.05, 3.63) is 51.5 Å². The lowest BCUT2D eigenvalue weighted by atomic mass is 10.1. The van der Waals surface area contributed by atoms with Gasteiger partial charge >= 0.3 is 0 Å². The first-order valence-corrected chi connectivity index (χ1v) is 7.16. The summed E-state index contributed by atoms with van der Waals surface area (Å²) in [6.45, 7) is 3.62. The maximum atomic E-state index is 11.3. The van der Waals surface area contributed by atoms with E-state index in [-0.39, 0.29) is 5.91 Å². The van der Waals surface area contributed by atoms with Gasteiger partial charge < -0.3 is 0 Å². The molecule has 1 aromatic carbocycles. The van der Waals surface area contributed by atoms with Gasteiger partial charge in [0.05, 0.1) is 5.69 Å². The monoisotopic (exact) mass is 290 g/mol. The van der Waals surface area contributed by atoms with Crippen molar-refractivity contribution in [2.45, 2.75) is 20.0 Å². The number of aromatic nitrogens is 1. The zero-order chi connectivity index (χ0) is 14.5. The summed E-state index contributed by atoms with van der Waals surface area (Å²) in [5, 5.41) is 2.28. The minimum Gasteiger partial charge on any atom is -0.296 e. The van der Waals surface area contributed by atoms with Crippen LogP contribution in [0, 0.1) is 6.92 Å². The number of hydrogen-bond acceptors (Lipinski definition) is 5. The van der Waals surface area contributed by atoms with Crippen molar-refractivity contribution < 1.29 is 4.79 Å². The van der Waals surface area contributed by atoms with E-state index in [1.54, 1.807) is 0 Å². The number of rotatable bonds is 5. The largest absolute Gasteiger partial charge is 0.296 e. The third-order valence-corrected chi connectivity index (χ3v) is 3.77. The molecule has 0 radical (unpaired) electrons. The van der Waals surface area contributed by atoms with Crippen LogP contribution < -0.4 is 11.3 Å². The van der Waals surface area contributed by atoms with Gasteiger partial charge in [-0.25, -0.2) is 10.8 Å². The Labute approximate surface area is 122 Å². The number of aryl methyl sites for hydroxylation is 1. The molecule has 106 valence electrons. The van der Waals surface area contributed by atoms with Crippen LogP contribution in [0.2, 0.25) is 0 Å². The highest BCUT2D eigenvalue weighted by molar-refractivity contribution is 7.11. The number of amides is 1. The lowest BCUT2D eigenvalue weighted by Gasteiger charge is -2.15. The summed E-state index contributed by atoms with van der Waals surface area (Å²) in [5.74, 6) is 4.74. The van der Waals surface area contributed by atoms with Crippen molar-refractivity contribution in [2.24, 2.45) is 5.84 Å². The standard InChI is InChI=1S/C14H18N4OS/c1-10-3-5-11(6-4-10)7-18(2)8-12-9-20-14(16-12)13(19)17-15/h3-6,9H,7-8,15H2,1-2H3,(H,17,19). The van der Waals surface area contributed by atoms with Crippen LogP contribution in [0.5, 0.6) is 0 Å². The molecule has 3 N–H and O–H groups in total. The summed E-state index contributed by atoms with van der Waals surface area (Å²) < 4.78 is 0. The lowest BCUT2D eigenvalue weighted by molar-refractivity contribution is 0.0953. The van der Waals surface area contributed by atoms with Crippen LogP contribution in [0.15, 0.2) is 29.6 Å². The molecule has 0 fully saturated rings. The molecule has 0 bridgehead atoms. The second kappa shape index (κ2) is 6.60. The van der Waals surface area contributed by atoms with Crippen LogP contribution in [-0.4, -0.2) is 22.8 Å². The number of hydrazine groups is 1. The van der Waals surface area contributed by atoms with Gasteiger partial charge in [-0.15, -0.1) is 11.3 Å². The van der Waals surface area contributed by atoms with Crippen LogP contribution in [0.4, 0.5) is 0 Å². The van der Waals surface area contributed by atoms with Gasteiger partial charge in [0.2, 0.25) is 0 Å². The molecule has 0 saturated heterocycles. The Morgan fingerprint density at radius 3 is 2.70 bits per heavy atom. The molecule has 2 rings (SSSR count). The topological polar surface area (TPSA) is 71.2 Å². The first kappa shape index (κ1) is 14.6. The maximum absolute atomic E-state index is 11.3. The Morgan fingerprint density at radius 1 is 1.35 bits per heavy atom. The Kier molecular flexibility index (Phi) is 4.84. The fourth-order valence-corrected chi connectivity index (χ4v) is 2.59. The van der Waals surface area contributed by atoms with Crippen molar-refractivity contribution in [1.82, 2.24) is 15.3 Å². The number of benzene rings is 1. The highest BCUT2D eigenvalue weighted by Gasteiger charge is 2.10. The molecule has 6 heteroatoms. The maximum Gasteiger partial charge on any atom is 0.294 e. The second-order valence-electron chi connectivity index (χ2n) is 4.78. The highest BCUT2D eigenvalue weighted by Crippen LogP contribution is 2.13. The molecule has 1 aromatic heterocycles. The zero-order valence-electron chi connectivity index (χ0n) is 11.6. The fourth-order valence-electron chi connectivity index (χ4n) is 1.88. The lowest BCUT2D eigenvalue weighted by Crippen LogP contribution is -2.29. The van der Waals surface area contributed by atoms with Crippen molar-refractivity contribution in [2.75, 3.05) is 7.05 Å². The fraction of sp³-hybridized carbons (Fsp3) is 0.286. The molecule has 1 heterocycles. The van der Waals surface area contributed by atoms with Crippen LogP contribution >= 0.6 is 11.3 Å². The van der Waals surface area contributed by atoms with Gasteiger partial charge in [0.15, 0.2) is 5.01 Å². The normalized spacial score (nSPS) is 10.8. The predicted octanol–water partition coefficient (Wildman–Crippen LogP) is 1.69. The number of nitrogens with two attached hydrogens (primary N) is 1. The number of carbonyl (C=O) groups excluding carboxylic acids is 1. The van der Waals surface area contributed by atoms with Crippen LogP contribution in [0.1, 0.15) is 26.6 Å². The van der Waals surface area contributed by atoms with E-state index in [4.69, 9.17) is 5.84 Å². The van der Waals surface area contributed by atoms with Crippen molar-refractivity contribution in [3.63, 3.8) is 0 Å². The predicted molar refractivity (Wildman–Crippen MR) is 80.1 cm³/mol. The van der Waals surface area contributed by atoms with E-state index in [1.807, 2.05) is 12.4 Å². The summed E-state index contributed by atoms with van der Waals surface area (Å²) in [6, 6.07) is 8.46. The van der Waals surface area contributed by atoms with Gasteiger partial charge in [-0.1, -0.05) is 29.8 Å². The summed E-state index contributed by atoms with van der Waals surface area (Å²) in [4.78, 5) is 17.8. The summed E-state index contributed by atoms with van der Waals surface area (Å²) in [7, 11) is 2.03. The Balaban J connectivity index is 1.94. The molecule has 0 saturated carbocycles. The first-order valence-electron chi connectivity index (χ1n) is 6.28. The average molecular weight is 290 g/mol. The minimum atomic E-state index is -0.345. The van der Waals surface area contributed by atoms with E-state index in [2.05, 4.69) is 46.5 Å². The van der Waals surface area contributed by atoms with Gasteiger partial charge in [0.25, 0.3) is 5.91 Å². The number of thiazole rings is 1. The Morgan fingerprint density at radius 2 is 2.05 bits per heavy atom. The zero-order valence-corrected chi connectivity index (χ0v) is 12.4. The molecule has 0 unspecified atom stereocenters. The number of nitrogens with zero attached hydrogens (tertiary/aromatic N) is 2. The van der Waals surface area contributed by atoms with E-state index >= 15 is 0 Å². The highest BCUT2D eigenvalue weighted by atomic mass is 32.1. The van der Waals surface area contributed by atoms with Crippen molar-refractivity contribution >= 4 is 17.2 Å². The second-order valence-corrected chi connectivity index (χ2v) is 5.63. The Hall–Kier alpha value is -1.76. The molecule has 0 spiro atoms. The van der Waals surface area contributed by atoms with Crippen LogP contribution in [0.3, 0.4) is 0 Å². The van der Waals surface area contributed by atoms with Gasteiger partial charge in [-0.2, -0.15) is 0 Å². The van der Waals surface area contributed by atoms with Crippen molar-refractivity contribution in [3.8, 4) is 0 Å². The number of hydrogen-bond donors (Lipinski definition) is 2. The number of nitrogens with one attached hydrogen (secondary N) is 1.